The van der Waals surface area contributed by atoms with Crippen LogP contribution in [0.5, 0.6) is 0 Å². The minimum absolute atomic E-state index is 0.145. The van der Waals surface area contributed by atoms with E-state index < -0.39 is 10.8 Å². The van der Waals surface area contributed by atoms with E-state index in [1.807, 2.05) is 24.6 Å². The van der Waals surface area contributed by atoms with Gasteiger partial charge in [-0.3, -0.25) is 4.21 Å². The van der Waals surface area contributed by atoms with Gasteiger partial charge in [0.25, 0.3) is 0 Å². The Hall–Kier alpha value is -0.840. The van der Waals surface area contributed by atoms with Crippen LogP contribution in [-0.2, 0) is 10.8 Å². The van der Waals surface area contributed by atoms with Crippen LogP contribution in [0, 0.1) is 6.92 Å². The molecule has 13 heavy (non-hydrogen) atoms. The molecule has 0 amide bonds. The van der Waals surface area contributed by atoms with Crippen molar-refractivity contribution in [1.82, 2.24) is 9.55 Å². The molecule has 74 valence electrons. The molecule has 1 aromatic heterocycles. The van der Waals surface area contributed by atoms with E-state index in [9.17, 15) is 4.21 Å². The van der Waals surface area contributed by atoms with Gasteiger partial charge in [-0.05, 0) is 13.8 Å². The summed E-state index contributed by atoms with van der Waals surface area (Å²) >= 11 is 0. The molecule has 5 heteroatoms. The van der Waals surface area contributed by atoms with Gasteiger partial charge in [0.05, 0.1) is 5.69 Å². The second-order valence-corrected chi connectivity index (χ2v) is 4.72. The minimum atomic E-state index is -0.799. The van der Waals surface area contributed by atoms with Crippen LogP contribution < -0.4 is 5.73 Å². The summed E-state index contributed by atoms with van der Waals surface area (Å²) in [7, 11) is -0.799. The summed E-state index contributed by atoms with van der Waals surface area (Å²) in [6, 6.07) is 0.145. The molecule has 2 N–H and O–H groups in total. The van der Waals surface area contributed by atoms with Gasteiger partial charge in [0.2, 0.25) is 5.95 Å². The Bertz CT molecular complexity index is 321. The zero-order valence-corrected chi connectivity index (χ0v) is 8.97. The number of nitrogen functional groups attached to an aromatic ring is 1. The van der Waals surface area contributed by atoms with E-state index in [4.69, 9.17) is 5.73 Å². The van der Waals surface area contributed by atoms with Crippen LogP contribution in [0.25, 0.3) is 0 Å². The average Bonchev–Trinajstić information content (AvgIpc) is 2.28. The second-order valence-electron chi connectivity index (χ2n) is 3.24. The lowest BCUT2D eigenvalue weighted by Gasteiger charge is -2.12. The van der Waals surface area contributed by atoms with E-state index in [0.29, 0.717) is 11.7 Å². The summed E-state index contributed by atoms with van der Waals surface area (Å²) in [5.41, 5.74) is 6.57. The number of imidazole rings is 1. The van der Waals surface area contributed by atoms with Crippen molar-refractivity contribution in [2.75, 3.05) is 17.7 Å². The lowest BCUT2D eigenvalue weighted by Crippen LogP contribution is -2.14. The Morgan fingerprint density at radius 1 is 1.77 bits per heavy atom. The van der Waals surface area contributed by atoms with E-state index in [0.717, 1.165) is 5.69 Å². The maximum atomic E-state index is 11.0. The first-order chi connectivity index (χ1) is 6.00. The lowest BCUT2D eigenvalue weighted by molar-refractivity contribution is 0.604. The molecule has 2 atom stereocenters. The molecular formula is C8H15N3OS. The second kappa shape index (κ2) is 3.91. The quantitative estimate of drug-likeness (QED) is 0.783. The molecule has 2 unspecified atom stereocenters. The summed E-state index contributed by atoms with van der Waals surface area (Å²) < 4.78 is 12.8. The maximum absolute atomic E-state index is 11.0. The van der Waals surface area contributed by atoms with Crippen molar-refractivity contribution in [3.05, 3.63) is 11.9 Å². The summed E-state index contributed by atoms with van der Waals surface area (Å²) in [6.45, 7) is 3.88. The van der Waals surface area contributed by atoms with E-state index in [1.54, 1.807) is 6.26 Å². The summed E-state index contributed by atoms with van der Waals surface area (Å²) in [4.78, 5) is 4.08. The number of hydrogen-bond donors (Lipinski definition) is 1. The number of nitrogens with two attached hydrogens (primary N) is 1. The topological polar surface area (TPSA) is 60.9 Å². The predicted molar refractivity (Wildman–Crippen MR) is 55.0 cm³/mol. The standard InChI is InChI=1S/C8H15N3OS/c1-6-4-11(8(9)10-6)7(2)5-13(3)12/h4,7H,5H2,1-3H3,(H2,9,10). The Morgan fingerprint density at radius 2 is 2.38 bits per heavy atom. The molecular weight excluding hydrogens is 186 g/mol. The summed E-state index contributed by atoms with van der Waals surface area (Å²) in [6.07, 6.45) is 3.57. The Balaban J connectivity index is 2.81. The number of nitrogens with zero attached hydrogens (tertiary/aromatic N) is 2. The zero-order chi connectivity index (χ0) is 10.0. The smallest absolute Gasteiger partial charge is 0.200 e. The van der Waals surface area contributed by atoms with Gasteiger partial charge < -0.3 is 10.3 Å². The van der Waals surface area contributed by atoms with Gasteiger partial charge in [-0.2, -0.15) is 0 Å². The van der Waals surface area contributed by atoms with E-state index in [1.165, 1.54) is 0 Å². The largest absolute Gasteiger partial charge is 0.369 e. The highest BCUT2D eigenvalue weighted by Crippen LogP contribution is 2.13. The van der Waals surface area contributed by atoms with Crippen molar-refractivity contribution in [3.8, 4) is 0 Å². The van der Waals surface area contributed by atoms with Gasteiger partial charge in [0.15, 0.2) is 0 Å². The van der Waals surface area contributed by atoms with Gasteiger partial charge in [-0.25, -0.2) is 4.98 Å². The summed E-state index contributed by atoms with van der Waals surface area (Å²) in [5, 5.41) is 0. The van der Waals surface area contributed by atoms with Gasteiger partial charge in [-0.15, -0.1) is 0 Å². The van der Waals surface area contributed by atoms with Crippen molar-refractivity contribution in [3.63, 3.8) is 0 Å². The van der Waals surface area contributed by atoms with Gasteiger partial charge in [-0.1, -0.05) is 0 Å². The predicted octanol–water partition coefficient (Wildman–Crippen LogP) is 0.713. The third-order valence-corrected chi connectivity index (χ3v) is 2.78. The third kappa shape index (κ3) is 2.55. The monoisotopic (exact) mass is 201 g/mol. The minimum Gasteiger partial charge on any atom is -0.369 e. The molecule has 0 saturated heterocycles. The number of rotatable bonds is 3. The fourth-order valence-corrected chi connectivity index (χ4v) is 2.15. The van der Waals surface area contributed by atoms with Crippen LogP contribution in [0.3, 0.4) is 0 Å². The van der Waals surface area contributed by atoms with Crippen molar-refractivity contribution in [1.29, 1.82) is 0 Å². The maximum Gasteiger partial charge on any atom is 0.200 e. The van der Waals surface area contributed by atoms with Crippen LogP contribution >= 0.6 is 0 Å². The number of anilines is 1. The number of hydrogen-bond acceptors (Lipinski definition) is 3. The molecule has 1 rings (SSSR count). The van der Waals surface area contributed by atoms with Crippen LogP contribution in [0.1, 0.15) is 18.7 Å². The fraction of sp³-hybridized carbons (Fsp3) is 0.625. The van der Waals surface area contributed by atoms with E-state index in [2.05, 4.69) is 4.98 Å². The van der Waals surface area contributed by atoms with Gasteiger partial charge in [0, 0.05) is 35.0 Å². The summed E-state index contributed by atoms with van der Waals surface area (Å²) in [5.74, 6) is 1.11. The molecule has 0 radical (unpaired) electrons. The van der Waals surface area contributed by atoms with Gasteiger partial charge >= 0.3 is 0 Å². The number of aromatic nitrogens is 2. The average molecular weight is 201 g/mol. The lowest BCUT2D eigenvalue weighted by atomic mass is 10.4. The SMILES string of the molecule is Cc1cn(C(C)CS(C)=O)c(N)n1. The zero-order valence-electron chi connectivity index (χ0n) is 8.15. The highest BCUT2D eigenvalue weighted by atomic mass is 32.2. The Labute approximate surface area is 80.6 Å². The first-order valence-corrected chi connectivity index (χ1v) is 5.84. The van der Waals surface area contributed by atoms with Crippen molar-refractivity contribution >= 4 is 16.7 Å². The molecule has 0 aliphatic rings. The normalized spacial score (nSPS) is 15.6. The highest BCUT2D eigenvalue weighted by Gasteiger charge is 2.10. The van der Waals surface area contributed by atoms with Crippen LogP contribution in [0.15, 0.2) is 6.20 Å². The van der Waals surface area contributed by atoms with E-state index >= 15 is 0 Å². The van der Waals surface area contributed by atoms with Crippen molar-refractivity contribution < 1.29 is 4.21 Å². The fourth-order valence-electron chi connectivity index (χ4n) is 1.31. The molecule has 0 aliphatic carbocycles. The van der Waals surface area contributed by atoms with Crippen molar-refractivity contribution in [2.24, 2.45) is 0 Å². The molecule has 1 aromatic rings. The van der Waals surface area contributed by atoms with Crippen molar-refractivity contribution in [2.45, 2.75) is 19.9 Å². The molecule has 0 bridgehead atoms. The molecule has 4 nitrogen and oxygen atoms in total. The third-order valence-electron chi connectivity index (χ3n) is 1.83. The van der Waals surface area contributed by atoms with Gasteiger partial charge in [0.1, 0.15) is 0 Å². The highest BCUT2D eigenvalue weighted by molar-refractivity contribution is 7.84. The number of aryl methyl sites for hydroxylation is 1. The molecule has 0 fully saturated rings. The molecule has 0 aliphatic heterocycles. The first-order valence-electron chi connectivity index (χ1n) is 4.11. The van der Waals surface area contributed by atoms with Crippen LogP contribution in [0.4, 0.5) is 5.95 Å². The van der Waals surface area contributed by atoms with Crippen LogP contribution in [-0.4, -0.2) is 25.8 Å². The van der Waals surface area contributed by atoms with E-state index in [-0.39, 0.29) is 6.04 Å². The van der Waals surface area contributed by atoms with Crippen LogP contribution in [0.2, 0.25) is 0 Å². The Morgan fingerprint density at radius 3 is 2.77 bits per heavy atom. The molecule has 0 aromatic carbocycles. The molecule has 1 heterocycles. The molecule has 0 saturated carbocycles. The first kappa shape index (κ1) is 10.2. The Kier molecular flexibility index (Phi) is 3.08. The molecule has 0 spiro atoms.